The number of hydrogen-bond donors (Lipinski definition) is 1. The number of hydrogen-bond acceptors (Lipinski definition) is 5. The second-order valence-electron chi connectivity index (χ2n) is 4.84. The normalized spacial score (nSPS) is 22.8. The Morgan fingerprint density at radius 1 is 1.40 bits per heavy atom. The van der Waals surface area contributed by atoms with Crippen LogP contribution in [0.1, 0.15) is 12.8 Å². The van der Waals surface area contributed by atoms with Gasteiger partial charge in [-0.15, -0.1) is 0 Å². The maximum absolute atomic E-state index is 12.1. The van der Waals surface area contributed by atoms with Gasteiger partial charge in [-0.05, 0) is 12.8 Å². The zero-order valence-corrected chi connectivity index (χ0v) is 11.3. The fourth-order valence-corrected chi connectivity index (χ4v) is 2.41. The Morgan fingerprint density at radius 2 is 2.15 bits per heavy atom. The van der Waals surface area contributed by atoms with Crippen molar-refractivity contribution in [3.05, 3.63) is 0 Å². The minimum atomic E-state index is -0.551. The van der Waals surface area contributed by atoms with Gasteiger partial charge in [-0.1, -0.05) is 0 Å². The molecule has 2 heterocycles. The number of nitrogens with one attached hydrogen (secondary N) is 1. The van der Waals surface area contributed by atoms with E-state index in [1.54, 1.807) is 0 Å². The van der Waals surface area contributed by atoms with E-state index in [-0.39, 0.29) is 37.4 Å². The summed E-state index contributed by atoms with van der Waals surface area (Å²) in [5.41, 5.74) is 0. The van der Waals surface area contributed by atoms with Crippen molar-refractivity contribution in [2.75, 3.05) is 33.3 Å². The predicted octanol–water partition coefficient (Wildman–Crippen LogP) is -1.05. The second-order valence-corrected chi connectivity index (χ2v) is 4.84. The van der Waals surface area contributed by atoms with Crippen LogP contribution in [0, 0.1) is 5.92 Å². The molecule has 2 fully saturated rings. The van der Waals surface area contributed by atoms with Gasteiger partial charge in [0.05, 0.1) is 19.6 Å². The molecule has 20 heavy (non-hydrogen) atoms. The Labute approximate surface area is 116 Å². The van der Waals surface area contributed by atoms with E-state index in [4.69, 9.17) is 0 Å². The van der Waals surface area contributed by atoms with Gasteiger partial charge in [0, 0.05) is 13.1 Å². The Kier molecular flexibility index (Phi) is 4.21. The maximum atomic E-state index is 12.1. The molecule has 0 aromatic carbocycles. The van der Waals surface area contributed by atoms with Gasteiger partial charge >= 0.3 is 12.0 Å². The lowest BCUT2D eigenvalue weighted by atomic mass is 9.98. The maximum Gasteiger partial charge on any atom is 0.325 e. The summed E-state index contributed by atoms with van der Waals surface area (Å²) >= 11 is 0. The molecule has 110 valence electrons. The molecule has 0 aromatic heterocycles. The smallest absolute Gasteiger partial charge is 0.325 e. The summed E-state index contributed by atoms with van der Waals surface area (Å²) in [6.45, 7) is 0.445. The number of ether oxygens (including phenoxy) is 1. The van der Waals surface area contributed by atoms with Crippen LogP contribution in [0.2, 0.25) is 0 Å². The fourth-order valence-electron chi connectivity index (χ4n) is 2.41. The lowest BCUT2D eigenvalue weighted by Gasteiger charge is -2.32. The highest BCUT2D eigenvalue weighted by Gasteiger charge is 2.34. The van der Waals surface area contributed by atoms with Crippen LogP contribution in [0.4, 0.5) is 4.79 Å². The quantitative estimate of drug-likeness (QED) is 0.526. The molecule has 0 radical (unpaired) electrons. The number of rotatable bonds is 3. The summed E-state index contributed by atoms with van der Waals surface area (Å²) < 4.78 is 4.68. The number of nitrogens with zero attached hydrogens (tertiary/aromatic N) is 2. The van der Waals surface area contributed by atoms with Crippen LogP contribution >= 0.6 is 0 Å². The SMILES string of the molecule is COC(=O)[C@H]1CCCN(C(=O)CN2C(=O)CNC2=O)C1. The molecule has 8 heteroatoms. The number of methoxy groups -OCH3 is 1. The average Bonchev–Trinajstić information content (AvgIpc) is 2.78. The number of likely N-dealkylation sites (tertiary alicyclic amines) is 1. The third-order valence-corrected chi connectivity index (χ3v) is 3.54. The molecular weight excluding hydrogens is 266 g/mol. The van der Waals surface area contributed by atoms with Gasteiger partial charge in [0.25, 0.3) is 5.91 Å². The highest BCUT2D eigenvalue weighted by molar-refractivity contribution is 6.04. The Bertz CT molecular complexity index is 434. The molecular formula is C12H17N3O5. The van der Waals surface area contributed by atoms with Crippen molar-refractivity contribution in [1.82, 2.24) is 15.1 Å². The van der Waals surface area contributed by atoms with Crippen molar-refractivity contribution < 1.29 is 23.9 Å². The Morgan fingerprint density at radius 3 is 2.75 bits per heavy atom. The highest BCUT2D eigenvalue weighted by Crippen LogP contribution is 2.18. The minimum absolute atomic E-state index is 0.0725. The van der Waals surface area contributed by atoms with Gasteiger partial charge in [0.1, 0.15) is 6.54 Å². The van der Waals surface area contributed by atoms with E-state index < -0.39 is 11.9 Å². The molecule has 0 saturated carbocycles. The van der Waals surface area contributed by atoms with E-state index >= 15 is 0 Å². The number of imide groups is 1. The number of piperidine rings is 1. The third-order valence-electron chi connectivity index (χ3n) is 3.54. The average molecular weight is 283 g/mol. The lowest BCUT2D eigenvalue weighted by Crippen LogP contribution is -2.48. The summed E-state index contributed by atoms with van der Waals surface area (Å²) in [4.78, 5) is 48.8. The number of carbonyl (C=O) groups is 4. The van der Waals surface area contributed by atoms with E-state index in [0.29, 0.717) is 19.4 Å². The summed E-state index contributed by atoms with van der Waals surface area (Å²) in [6, 6.07) is -0.551. The molecule has 0 bridgehead atoms. The second kappa shape index (κ2) is 5.89. The summed E-state index contributed by atoms with van der Waals surface area (Å²) in [5.74, 6) is -1.41. The van der Waals surface area contributed by atoms with Gasteiger partial charge in [0.2, 0.25) is 5.91 Å². The largest absolute Gasteiger partial charge is 0.469 e. The molecule has 0 spiro atoms. The van der Waals surface area contributed by atoms with Gasteiger partial charge < -0.3 is 15.0 Å². The first kappa shape index (κ1) is 14.3. The molecule has 2 rings (SSSR count). The van der Waals surface area contributed by atoms with Crippen molar-refractivity contribution in [3.8, 4) is 0 Å². The molecule has 8 nitrogen and oxygen atoms in total. The highest BCUT2D eigenvalue weighted by atomic mass is 16.5. The molecule has 2 aliphatic heterocycles. The van der Waals surface area contributed by atoms with Gasteiger partial charge in [-0.3, -0.25) is 19.3 Å². The molecule has 0 aliphatic carbocycles. The van der Waals surface area contributed by atoms with Crippen LogP contribution in [0.5, 0.6) is 0 Å². The molecule has 2 aliphatic rings. The van der Waals surface area contributed by atoms with Gasteiger partial charge in [0.15, 0.2) is 0 Å². The lowest BCUT2D eigenvalue weighted by molar-refractivity contribution is -0.149. The van der Waals surface area contributed by atoms with E-state index in [1.165, 1.54) is 12.0 Å². The first-order valence-electron chi connectivity index (χ1n) is 6.46. The zero-order valence-electron chi connectivity index (χ0n) is 11.3. The van der Waals surface area contributed by atoms with Crippen LogP contribution < -0.4 is 5.32 Å². The number of urea groups is 1. The number of amides is 4. The standard InChI is InChI=1S/C12H17N3O5/c1-20-11(18)8-3-2-4-14(6-8)10(17)7-15-9(16)5-13-12(15)19/h8H,2-7H2,1H3,(H,13,19)/t8-/m0/s1. The topological polar surface area (TPSA) is 96.0 Å². The van der Waals surface area contributed by atoms with Crippen LogP contribution in [0.25, 0.3) is 0 Å². The molecule has 1 atom stereocenters. The zero-order chi connectivity index (χ0) is 14.7. The summed E-state index contributed by atoms with van der Waals surface area (Å²) in [7, 11) is 1.32. The van der Waals surface area contributed by atoms with E-state index in [2.05, 4.69) is 10.1 Å². The minimum Gasteiger partial charge on any atom is -0.469 e. The first-order chi connectivity index (χ1) is 9.52. The van der Waals surface area contributed by atoms with E-state index in [0.717, 1.165) is 4.90 Å². The number of carbonyl (C=O) groups excluding carboxylic acids is 4. The predicted molar refractivity (Wildman–Crippen MR) is 66.4 cm³/mol. The fraction of sp³-hybridized carbons (Fsp3) is 0.667. The van der Waals surface area contributed by atoms with Crippen molar-refractivity contribution in [1.29, 1.82) is 0 Å². The molecule has 1 N–H and O–H groups in total. The van der Waals surface area contributed by atoms with Crippen LogP contribution in [-0.2, 0) is 19.1 Å². The Hall–Kier alpha value is -2.12. The first-order valence-corrected chi connectivity index (χ1v) is 6.46. The van der Waals surface area contributed by atoms with Gasteiger partial charge in [-0.2, -0.15) is 0 Å². The molecule has 4 amide bonds. The molecule has 2 saturated heterocycles. The summed E-state index contributed by atoms with van der Waals surface area (Å²) in [6.07, 6.45) is 1.38. The molecule has 0 unspecified atom stereocenters. The van der Waals surface area contributed by atoms with Crippen molar-refractivity contribution >= 4 is 23.8 Å². The van der Waals surface area contributed by atoms with Crippen LogP contribution in [-0.4, -0.2) is 66.9 Å². The van der Waals surface area contributed by atoms with Crippen molar-refractivity contribution in [3.63, 3.8) is 0 Å². The van der Waals surface area contributed by atoms with Crippen molar-refractivity contribution in [2.45, 2.75) is 12.8 Å². The number of esters is 1. The van der Waals surface area contributed by atoms with E-state index in [9.17, 15) is 19.2 Å². The van der Waals surface area contributed by atoms with Crippen molar-refractivity contribution in [2.24, 2.45) is 5.92 Å². The molecule has 0 aromatic rings. The Balaban J connectivity index is 1.93. The van der Waals surface area contributed by atoms with Crippen LogP contribution in [0.15, 0.2) is 0 Å². The summed E-state index contributed by atoms with van der Waals surface area (Å²) in [5, 5.41) is 2.36. The van der Waals surface area contributed by atoms with E-state index in [1.807, 2.05) is 0 Å². The third kappa shape index (κ3) is 2.89. The van der Waals surface area contributed by atoms with Gasteiger partial charge in [-0.25, -0.2) is 4.79 Å². The monoisotopic (exact) mass is 283 g/mol. The van der Waals surface area contributed by atoms with Crippen LogP contribution in [0.3, 0.4) is 0 Å².